The minimum absolute atomic E-state index is 0.287. The van der Waals surface area contributed by atoms with Crippen LogP contribution in [-0.2, 0) is 0 Å². The maximum absolute atomic E-state index is 12.2. The summed E-state index contributed by atoms with van der Waals surface area (Å²) in [6.45, 7) is 0. The van der Waals surface area contributed by atoms with E-state index in [1.807, 2.05) is 0 Å². The van der Waals surface area contributed by atoms with Gasteiger partial charge in [-0.15, -0.1) is 0 Å². The van der Waals surface area contributed by atoms with Crippen molar-refractivity contribution in [3.63, 3.8) is 0 Å². The molecule has 0 aliphatic rings. The predicted octanol–water partition coefficient (Wildman–Crippen LogP) is 1.98. The Morgan fingerprint density at radius 2 is 0.889 bits per heavy atom. The zero-order chi connectivity index (χ0) is 13.7. The van der Waals surface area contributed by atoms with Crippen molar-refractivity contribution < 1.29 is 8.78 Å². The van der Waals surface area contributed by atoms with Crippen LogP contribution in [0.3, 0.4) is 0 Å². The number of anilines is 4. The van der Waals surface area contributed by atoms with Crippen molar-refractivity contribution in [2.45, 2.75) is 0 Å². The van der Waals surface area contributed by atoms with Crippen LogP contribution in [-0.4, -0.2) is 0 Å². The molecule has 0 aliphatic carbocycles. The third kappa shape index (κ3) is 3.82. The zero-order valence-electron chi connectivity index (χ0n) is 9.53. The molecule has 0 heterocycles. The van der Waals surface area contributed by atoms with Gasteiger partial charge in [-0.2, -0.15) is 0 Å². The van der Waals surface area contributed by atoms with E-state index in [4.69, 9.17) is 22.9 Å². The fourth-order valence-corrected chi connectivity index (χ4v) is 1.09. The fourth-order valence-electron chi connectivity index (χ4n) is 1.09. The zero-order valence-corrected chi connectivity index (χ0v) is 9.53. The molecule has 8 N–H and O–H groups in total. The van der Waals surface area contributed by atoms with Crippen LogP contribution in [0.2, 0.25) is 0 Å². The summed E-state index contributed by atoms with van der Waals surface area (Å²) in [5, 5.41) is 0. The fraction of sp³-hybridized carbons (Fsp3) is 0. The number of halogens is 2. The van der Waals surface area contributed by atoms with Crippen LogP contribution in [0.4, 0.5) is 31.5 Å². The van der Waals surface area contributed by atoms with Gasteiger partial charge in [0.25, 0.3) is 0 Å². The first-order valence-corrected chi connectivity index (χ1v) is 5.01. The summed E-state index contributed by atoms with van der Waals surface area (Å²) < 4.78 is 24.4. The van der Waals surface area contributed by atoms with Gasteiger partial charge < -0.3 is 22.9 Å². The van der Waals surface area contributed by atoms with Gasteiger partial charge in [-0.1, -0.05) is 0 Å². The summed E-state index contributed by atoms with van der Waals surface area (Å²) in [6, 6.07) is 7.79. The van der Waals surface area contributed by atoms with Crippen molar-refractivity contribution in [3.05, 3.63) is 48.0 Å². The number of benzene rings is 2. The number of nitrogen functional groups attached to an aromatic ring is 4. The highest BCUT2D eigenvalue weighted by atomic mass is 19.1. The lowest BCUT2D eigenvalue weighted by atomic mass is 10.3. The number of nitrogens with two attached hydrogens (primary N) is 4. The van der Waals surface area contributed by atoms with Crippen LogP contribution in [0.5, 0.6) is 0 Å². The van der Waals surface area contributed by atoms with E-state index in [-0.39, 0.29) is 23.0 Å². The largest absolute Gasteiger partial charge is 0.397 e. The van der Waals surface area contributed by atoms with Gasteiger partial charge >= 0.3 is 0 Å². The van der Waals surface area contributed by atoms with Gasteiger partial charge in [0.2, 0.25) is 0 Å². The number of hydrogen-bond donors (Lipinski definition) is 4. The van der Waals surface area contributed by atoms with Crippen molar-refractivity contribution in [1.82, 2.24) is 0 Å². The van der Waals surface area contributed by atoms with Gasteiger partial charge in [-0.05, 0) is 36.4 Å². The van der Waals surface area contributed by atoms with Crippen molar-refractivity contribution in [3.8, 4) is 0 Å². The van der Waals surface area contributed by atoms with Crippen LogP contribution >= 0.6 is 0 Å². The third-order valence-corrected chi connectivity index (χ3v) is 2.10. The monoisotopic (exact) mass is 252 g/mol. The second-order valence-electron chi connectivity index (χ2n) is 3.55. The van der Waals surface area contributed by atoms with Gasteiger partial charge in [-0.3, -0.25) is 0 Å². The molecule has 6 heteroatoms. The molecular weight excluding hydrogens is 238 g/mol. The highest BCUT2D eigenvalue weighted by Gasteiger charge is 1.94. The summed E-state index contributed by atoms with van der Waals surface area (Å²) in [7, 11) is 0. The van der Waals surface area contributed by atoms with Crippen molar-refractivity contribution in [2.75, 3.05) is 22.9 Å². The summed E-state index contributed by atoms with van der Waals surface area (Å²) in [5.74, 6) is -0.719. The first kappa shape index (κ1) is 13.6. The maximum atomic E-state index is 12.2. The molecule has 0 amide bonds. The molecular formula is C12H14F2N4. The summed E-state index contributed by atoms with van der Waals surface area (Å²) in [5.41, 5.74) is 22.5. The molecule has 2 aromatic rings. The molecule has 0 saturated carbocycles. The summed E-state index contributed by atoms with van der Waals surface area (Å²) in [4.78, 5) is 0. The Hall–Kier alpha value is -2.50. The molecule has 0 unspecified atom stereocenters. The van der Waals surface area contributed by atoms with Crippen molar-refractivity contribution in [1.29, 1.82) is 0 Å². The van der Waals surface area contributed by atoms with Crippen LogP contribution in [0.25, 0.3) is 0 Å². The Morgan fingerprint density at radius 1 is 0.556 bits per heavy atom. The molecule has 2 aromatic carbocycles. The molecule has 2 rings (SSSR count). The van der Waals surface area contributed by atoms with Crippen LogP contribution < -0.4 is 22.9 Å². The molecule has 0 aliphatic heterocycles. The molecule has 96 valence electrons. The molecule has 0 atom stereocenters. The van der Waals surface area contributed by atoms with E-state index >= 15 is 0 Å². The molecule has 0 aromatic heterocycles. The summed E-state index contributed by atoms with van der Waals surface area (Å²) >= 11 is 0. The molecule has 18 heavy (non-hydrogen) atoms. The lowest BCUT2D eigenvalue weighted by Crippen LogP contribution is -1.93. The SMILES string of the molecule is Nc1ccc(F)cc1N.Nc1ccc(F)cc1N. The Bertz CT molecular complexity index is 494. The molecule has 4 nitrogen and oxygen atoms in total. The molecule has 0 fully saturated rings. The number of hydrogen-bond acceptors (Lipinski definition) is 4. The quantitative estimate of drug-likeness (QED) is 0.538. The summed E-state index contributed by atoms with van der Waals surface area (Å²) in [6.07, 6.45) is 0. The van der Waals surface area contributed by atoms with E-state index in [1.165, 1.54) is 36.4 Å². The smallest absolute Gasteiger partial charge is 0.125 e. The van der Waals surface area contributed by atoms with E-state index in [2.05, 4.69) is 0 Å². The average Bonchev–Trinajstić information content (AvgIpc) is 2.30. The first-order chi connectivity index (χ1) is 8.40. The lowest BCUT2D eigenvalue weighted by molar-refractivity contribution is 0.628. The molecule has 0 bridgehead atoms. The number of rotatable bonds is 0. The Kier molecular flexibility index (Phi) is 4.31. The predicted molar refractivity (Wildman–Crippen MR) is 70.4 cm³/mol. The van der Waals surface area contributed by atoms with E-state index in [0.29, 0.717) is 11.4 Å². The maximum Gasteiger partial charge on any atom is 0.125 e. The lowest BCUT2D eigenvalue weighted by Gasteiger charge is -1.96. The van der Waals surface area contributed by atoms with Gasteiger partial charge in [0.1, 0.15) is 11.6 Å². The Morgan fingerprint density at radius 3 is 1.11 bits per heavy atom. The highest BCUT2D eigenvalue weighted by molar-refractivity contribution is 5.63. The van der Waals surface area contributed by atoms with E-state index in [1.54, 1.807) is 0 Å². The second-order valence-corrected chi connectivity index (χ2v) is 3.55. The highest BCUT2D eigenvalue weighted by Crippen LogP contribution is 2.14. The van der Waals surface area contributed by atoms with Crippen molar-refractivity contribution in [2.24, 2.45) is 0 Å². The third-order valence-electron chi connectivity index (χ3n) is 2.10. The van der Waals surface area contributed by atoms with Crippen LogP contribution in [0, 0.1) is 11.6 Å². The Labute approximate surface area is 103 Å². The van der Waals surface area contributed by atoms with Crippen molar-refractivity contribution >= 4 is 22.7 Å². The van der Waals surface area contributed by atoms with Crippen LogP contribution in [0.1, 0.15) is 0 Å². The molecule has 0 saturated heterocycles. The normalized spacial score (nSPS) is 9.44. The van der Waals surface area contributed by atoms with Gasteiger partial charge in [-0.25, -0.2) is 8.78 Å². The minimum atomic E-state index is -0.360. The minimum Gasteiger partial charge on any atom is -0.397 e. The van der Waals surface area contributed by atoms with Gasteiger partial charge in [0.15, 0.2) is 0 Å². The van der Waals surface area contributed by atoms with E-state index in [0.717, 1.165) is 0 Å². The topological polar surface area (TPSA) is 104 Å². The first-order valence-electron chi connectivity index (χ1n) is 5.01. The van der Waals surface area contributed by atoms with Gasteiger partial charge in [0.05, 0.1) is 22.7 Å². The van der Waals surface area contributed by atoms with E-state index < -0.39 is 0 Å². The standard InChI is InChI=1S/2C6H7FN2/c2*7-4-1-2-5(8)6(9)3-4/h2*1-3H,8-9H2. The van der Waals surface area contributed by atoms with Gasteiger partial charge in [0, 0.05) is 0 Å². The second kappa shape index (κ2) is 5.72. The average molecular weight is 252 g/mol. The Balaban J connectivity index is 0.000000180. The van der Waals surface area contributed by atoms with E-state index in [9.17, 15) is 8.78 Å². The molecule has 0 spiro atoms. The van der Waals surface area contributed by atoms with Crippen LogP contribution in [0.15, 0.2) is 36.4 Å². The molecule has 0 radical (unpaired) electrons.